The van der Waals surface area contributed by atoms with Crippen molar-refractivity contribution < 1.29 is 0 Å². The number of aryl methyl sites for hydroxylation is 1. The van der Waals surface area contributed by atoms with Gasteiger partial charge in [0.1, 0.15) is 0 Å². The van der Waals surface area contributed by atoms with Crippen LogP contribution in [-0.4, -0.2) is 0 Å². The van der Waals surface area contributed by atoms with E-state index < -0.39 is 0 Å². The average Bonchev–Trinajstić information content (AvgIpc) is 2.41. The minimum Gasteiger partial charge on any atom is -0.0827 e. The minimum atomic E-state index is 0.586. The summed E-state index contributed by atoms with van der Waals surface area (Å²) < 4.78 is 0. The average molecular weight is 287 g/mol. The molecule has 94 valence electrons. The maximum absolute atomic E-state index is 6.12. The summed E-state index contributed by atoms with van der Waals surface area (Å²) >= 11 is 12.1. The lowest BCUT2D eigenvalue weighted by Crippen LogP contribution is -1.84. The molecule has 0 nitrogen and oxygen atoms in total. The molecule has 0 aliphatic heterocycles. The highest BCUT2D eigenvalue weighted by molar-refractivity contribution is 6.42. The largest absolute Gasteiger partial charge is 0.0827 e. The second-order valence-electron chi connectivity index (χ2n) is 4.66. The van der Waals surface area contributed by atoms with Gasteiger partial charge in [-0.3, -0.25) is 0 Å². The van der Waals surface area contributed by atoms with Crippen LogP contribution in [0.4, 0.5) is 0 Å². The molecule has 0 saturated carbocycles. The van der Waals surface area contributed by atoms with Crippen molar-refractivity contribution in [2.75, 3.05) is 0 Å². The normalized spacial score (nSPS) is 10.9. The van der Waals surface area contributed by atoms with Gasteiger partial charge in [-0.15, -0.1) is 0 Å². The van der Waals surface area contributed by atoms with Gasteiger partial charge in [-0.2, -0.15) is 0 Å². The van der Waals surface area contributed by atoms with E-state index in [4.69, 9.17) is 23.2 Å². The summed E-state index contributed by atoms with van der Waals surface area (Å²) in [5.41, 5.74) is 3.52. The molecule has 0 N–H and O–H groups in total. The van der Waals surface area contributed by atoms with Gasteiger partial charge in [0.25, 0.3) is 0 Å². The lowest BCUT2D eigenvalue weighted by atomic mass is 9.96. The zero-order valence-corrected chi connectivity index (χ0v) is 12.0. The number of benzene rings is 3. The van der Waals surface area contributed by atoms with Crippen molar-refractivity contribution in [2.45, 2.75) is 6.92 Å². The predicted octanol–water partition coefficient (Wildman–Crippen LogP) is 6.12. The first kappa shape index (κ1) is 12.5. The Balaban J connectivity index is 2.32. The van der Waals surface area contributed by atoms with Crippen molar-refractivity contribution in [3.05, 3.63) is 70.2 Å². The molecular weight excluding hydrogens is 275 g/mol. The maximum atomic E-state index is 6.12. The maximum Gasteiger partial charge on any atom is 0.0598 e. The van der Waals surface area contributed by atoms with Crippen molar-refractivity contribution in [3.63, 3.8) is 0 Å². The molecule has 0 unspecified atom stereocenters. The highest BCUT2D eigenvalue weighted by Gasteiger charge is 2.07. The SMILES string of the molecule is Cc1cc(-c2ccc(Cl)c(Cl)c2)c2ccccc2c1. The van der Waals surface area contributed by atoms with Gasteiger partial charge in [0.15, 0.2) is 0 Å². The monoisotopic (exact) mass is 286 g/mol. The predicted molar refractivity (Wildman–Crippen MR) is 84.1 cm³/mol. The summed E-state index contributed by atoms with van der Waals surface area (Å²) in [6, 6.07) is 18.5. The molecule has 3 aromatic carbocycles. The van der Waals surface area contributed by atoms with Gasteiger partial charge < -0.3 is 0 Å². The lowest BCUT2D eigenvalue weighted by Gasteiger charge is -2.09. The van der Waals surface area contributed by atoms with Gasteiger partial charge in [0, 0.05) is 0 Å². The standard InChI is InChI=1S/C17H12Cl2/c1-11-8-12-4-2-3-5-14(12)15(9-11)13-6-7-16(18)17(19)10-13/h2-10H,1H3. The Labute approximate surface area is 122 Å². The molecule has 0 heterocycles. The zero-order chi connectivity index (χ0) is 13.4. The summed E-state index contributed by atoms with van der Waals surface area (Å²) in [5, 5.41) is 3.64. The van der Waals surface area contributed by atoms with Crippen LogP contribution in [0.2, 0.25) is 10.0 Å². The molecule has 0 aliphatic carbocycles. The van der Waals surface area contributed by atoms with Crippen LogP contribution in [0.25, 0.3) is 21.9 Å². The summed E-state index contributed by atoms with van der Waals surface area (Å²) in [6.45, 7) is 2.10. The van der Waals surface area contributed by atoms with Crippen molar-refractivity contribution in [2.24, 2.45) is 0 Å². The summed E-state index contributed by atoms with van der Waals surface area (Å²) in [6.07, 6.45) is 0. The Hall–Kier alpha value is -1.50. The van der Waals surface area contributed by atoms with Gasteiger partial charge in [0.2, 0.25) is 0 Å². The first-order chi connectivity index (χ1) is 9.15. The first-order valence-corrected chi connectivity index (χ1v) is 6.85. The van der Waals surface area contributed by atoms with Crippen LogP contribution in [-0.2, 0) is 0 Å². The highest BCUT2D eigenvalue weighted by Crippen LogP contribution is 2.33. The second kappa shape index (κ2) is 4.88. The molecule has 0 aliphatic rings. The molecule has 2 heteroatoms. The Bertz CT molecular complexity index is 760. The van der Waals surface area contributed by atoms with Crippen molar-refractivity contribution >= 4 is 34.0 Å². The zero-order valence-electron chi connectivity index (χ0n) is 10.5. The molecule has 0 fully saturated rings. The van der Waals surface area contributed by atoms with Gasteiger partial charge in [0.05, 0.1) is 10.0 Å². The van der Waals surface area contributed by atoms with E-state index in [9.17, 15) is 0 Å². The van der Waals surface area contributed by atoms with Crippen LogP contribution in [0, 0.1) is 6.92 Å². The molecule has 0 bridgehead atoms. The fourth-order valence-electron chi connectivity index (χ4n) is 2.36. The molecule has 0 amide bonds. The topological polar surface area (TPSA) is 0 Å². The van der Waals surface area contributed by atoms with Gasteiger partial charge in [-0.05, 0) is 46.5 Å². The van der Waals surface area contributed by atoms with Gasteiger partial charge >= 0.3 is 0 Å². The molecule has 0 saturated heterocycles. The molecule has 0 aromatic heterocycles. The molecule has 0 atom stereocenters. The molecule has 3 rings (SSSR count). The van der Waals surface area contributed by atoms with E-state index in [1.165, 1.54) is 21.9 Å². The van der Waals surface area contributed by atoms with Gasteiger partial charge in [-0.1, -0.05) is 65.7 Å². The third kappa shape index (κ3) is 2.34. The van der Waals surface area contributed by atoms with Crippen molar-refractivity contribution in [1.29, 1.82) is 0 Å². The van der Waals surface area contributed by atoms with E-state index in [0.717, 1.165) is 5.56 Å². The van der Waals surface area contributed by atoms with E-state index in [2.05, 4.69) is 43.3 Å². The summed E-state index contributed by atoms with van der Waals surface area (Å²) in [4.78, 5) is 0. The smallest absolute Gasteiger partial charge is 0.0598 e. The van der Waals surface area contributed by atoms with E-state index >= 15 is 0 Å². The van der Waals surface area contributed by atoms with Gasteiger partial charge in [-0.25, -0.2) is 0 Å². The highest BCUT2D eigenvalue weighted by atomic mass is 35.5. The fourth-order valence-corrected chi connectivity index (χ4v) is 2.66. The molecular formula is C17H12Cl2. The van der Waals surface area contributed by atoms with E-state index in [-0.39, 0.29) is 0 Å². The first-order valence-electron chi connectivity index (χ1n) is 6.10. The summed E-state index contributed by atoms with van der Waals surface area (Å²) in [5.74, 6) is 0. The van der Waals surface area contributed by atoms with Crippen LogP contribution in [0.1, 0.15) is 5.56 Å². The molecule has 0 spiro atoms. The third-order valence-corrected chi connectivity index (χ3v) is 3.98. The summed E-state index contributed by atoms with van der Waals surface area (Å²) in [7, 11) is 0. The Morgan fingerprint density at radius 1 is 0.789 bits per heavy atom. The number of rotatable bonds is 1. The van der Waals surface area contributed by atoms with Crippen LogP contribution >= 0.6 is 23.2 Å². The molecule has 19 heavy (non-hydrogen) atoms. The number of hydrogen-bond acceptors (Lipinski definition) is 0. The Kier molecular flexibility index (Phi) is 3.22. The van der Waals surface area contributed by atoms with E-state index in [0.29, 0.717) is 10.0 Å². The lowest BCUT2D eigenvalue weighted by molar-refractivity contribution is 1.50. The van der Waals surface area contributed by atoms with Crippen LogP contribution < -0.4 is 0 Å². The number of halogens is 2. The Morgan fingerprint density at radius 2 is 1.58 bits per heavy atom. The Morgan fingerprint density at radius 3 is 2.37 bits per heavy atom. The fraction of sp³-hybridized carbons (Fsp3) is 0.0588. The molecule has 3 aromatic rings. The van der Waals surface area contributed by atoms with E-state index in [1.807, 2.05) is 18.2 Å². The number of fused-ring (bicyclic) bond motifs is 1. The molecule has 0 radical (unpaired) electrons. The minimum absolute atomic E-state index is 0.586. The van der Waals surface area contributed by atoms with Crippen LogP contribution in [0.3, 0.4) is 0 Å². The second-order valence-corrected chi connectivity index (χ2v) is 5.48. The van der Waals surface area contributed by atoms with Crippen LogP contribution in [0.5, 0.6) is 0 Å². The third-order valence-electron chi connectivity index (χ3n) is 3.24. The quantitative estimate of drug-likeness (QED) is 0.505. The van der Waals surface area contributed by atoms with E-state index in [1.54, 1.807) is 0 Å². The van der Waals surface area contributed by atoms with Crippen LogP contribution in [0.15, 0.2) is 54.6 Å². The number of hydrogen-bond donors (Lipinski definition) is 0. The van der Waals surface area contributed by atoms with Crippen molar-refractivity contribution in [3.8, 4) is 11.1 Å². The van der Waals surface area contributed by atoms with Crippen molar-refractivity contribution in [1.82, 2.24) is 0 Å².